The van der Waals surface area contributed by atoms with Crippen LogP contribution in [0.15, 0.2) is 53.1 Å². The Morgan fingerprint density at radius 1 is 1.17 bits per heavy atom. The number of hydrogen-bond acceptors (Lipinski definition) is 6. The van der Waals surface area contributed by atoms with Gasteiger partial charge in [-0.05, 0) is 29.8 Å². The zero-order chi connectivity index (χ0) is 16.8. The Morgan fingerprint density at radius 3 is 2.71 bits per heavy atom. The van der Waals surface area contributed by atoms with Crippen molar-refractivity contribution in [2.75, 3.05) is 7.11 Å². The van der Waals surface area contributed by atoms with Crippen molar-refractivity contribution in [3.8, 4) is 17.3 Å². The zero-order valence-corrected chi connectivity index (χ0v) is 13.1. The monoisotopic (exact) mass is 324 g/mol. The van der Waals surface area contributed by atoms with Crippen LogP contribution < -0.4 is 10.1 Å². The molecule has 0 atom stereocenters. The molecule has 0 radical (unpaired) electrons. The number of benzene rings is 1. The number of nitrogens with one attached hydrogen (secondary N) is 1. The van der Waals surface area contributed by atoms with E-state index in [1.807, 2.05) is 30.3 Å². The van der Waals surface area contributed by atoms with Gasteiger partial charge in [-0.25, -0.2) is 0 Å². The highest BCUT2D eigenvalue weighted by atomic mass is 16.5. The third-order valence-electron chi connectivity index (χ3n) is 3.31. The lowest BCUT2D eigenvalue weighted by molar-refractivity contribution is -0.120. The summed E-state index contributed by atoms with van der Waals surface area (Å²) >= 11 is 0. The molecule has 7 nitrogen and oxygen atoms in total. The maximum absolute atomic E-state index is 12.0. The minimum Gasteiger partial charge on any atom is -0.497 e. The van der Waals surface area contributed by atoms with E-state index < -0.39 is 0 Å². The molecule has 2 aromatic heterocycles. The quantitative estimate of drug-likeness (QED) is 0.746. The number of methoxy groups -OCH3 is 1. The molecule has 0 saturated carbocycles. The SMILES string of the molecule is COc1ccc(CC(=O)NCc2nnc(-c3ccccn3)o2)cc1. The van der Waals surface area contributed by atoms with E-state index in [0.717, 1.165) is 11.3 Å². The highest BCUT2D eigenvalue weighted by Crippen LogP contribution is 2.14. The molecule has 0 unspecified atom stereocenters. The third kappa shape index (κ3) is 3.95. The summed E-state index contributed by atoms with van der Waals surface area (Å²) in [6.45, 7) is 0.175. The van der Waals surface area contributed by atoms with Gasteiger partial charge in [-0.3, -0.25) is 9.78 Å². The molecule has 2 heterocycles. The van der Waals surface area contributed by atoms with Crippen molar-refractivity contribution < 1.29 is 13.9 Å². The van der Waals surface area contributed by atoms with Gasteiger partial charge in [0.05, 0.1) is 20.1 Å². The Hall–Kier alpha value is -3.22. The summed E-state index contributed by atoms with van der Waals surface area (Å²) in [6.07, 6.45) is 1.92. The predicted molar refractivity (Wildman–Crippen MR) is 86.1 cm³/mol. The maximum Gasteiger partial charge on any atom is 0.266 e. The van der Waals surface area contributed by atoms with E-state index in [-0.39, 0.29) is 18.9 Å². The van der Waals surface area contributed by atoms with Gasteiger partial charge >= 0.3 is 0 Å². The second-order valence-corrected chi connectivity index (χ2v) is 5.02. The molecular weight excluding hydrogens is 308 g/mol. The largest absolute Gasteiger partial charge is 0.497 e. The van der Waals surface area contributed by atoms with Gasteiger partial charge in [0.15, 0.2) is 0 Å². The van der Waals surface area contributed by atoms with Crippen molar-refractivity contribution in [1.82, 2.24) is 20.5 Å². The van der Waals surface area contributed by atoms with E-state index in [4.69, 9.17) is 9.15 Å². The van der Waals surface area contributed by atoms with Crippen LogP contribution >= 0.6 is 0 Å². The normalized spacial score (nSPS) is 10.4. The summed E-state index contributed by atoms with van der Waals surface area (Å²) in [5, 5.41) is 10.6. The van der Waals surface area contributed by atoms with E-state index in [1.165, 1.54) is 0 Å². The first-order valence-corrected chi connectivity index (χ1v) is 7.38. The molecule has 0 saturated heterocycles. The minimum atomic E-state index is -0.127. The molecule has 0 aliphatic heterocycles. The molecule has 0 bridgehead atoms. The van der Waals surface area contributed by atoms with E-state index in [1.54, 1.807) is 25.4 Å². The fourth-order valence-electron chi connectivity index (χ4n) is 2.08. The van der Waals surface area contributed by atoms with E-state index in [9.17, 15) is 4.79 Å². The lowest BCUT2D eigenvalue weighted by Crippen LogP contribution is -2.24. The Balaban J connectivity index is 1.53. The molecule has 3 rings (SSSR count). The van der Waals surface area contributed by atoms with Crippen molar-refractivity contribution in [2.45, 2.75) is 13.0 Å². The molecule has 1 N–H and O–H groups in total. The Bertz CT molecular complexity index is 800. The molecular formula is C17H16N4O3. The lowest BCUT2D eigenvalue weighted by Gasteiger charge is -2.04. The van der Waals surface area contributed by atoms with Crippen molar-refractivity contribution in [3.05, 3.63) is 60.1 Å². The highest BCUT2D eigenvalue weighted by Gasteiger charge is 2.10. The van der Waals surface area contributed by atoms with Crippen LogP contribution in [0.4, 0.5) is 0 Å². The van der Waals surface area contributed by atoms with E-state index in [0.29, 0.717) is 17.5 Å². The molecule has 7 heteroatoms. The Labute approximate surface area is 138 Å². The van der Waals surface area contributed by atoms with Gasteiger partial charge in [0.25, 0.3) is 5.89 Å². The average molecular weight is 324 g/mol. The predicted octanol–water partition coefficient (Wildman–Crippen LogP) is 2.00. The summed E-state index contributed by atoms with van der Waals surface area (Å²) in [4.78, 5) is 16.1. The number of carbonyl (C=O) groups excluding carboxylic acids is 1. The standard InChI is InChI=1S/C17H16N4O3/c1-23-13-7-5-12(6-8-13)10-15(22)19-11-16-20-21-17(24-16)14-4-2-3-9-18-14/h2-9H,10-11H2,1H3,(H,19,22). The molecule has 0 spiro atoms. The molecule has 122 valence electrons. The van der Waals surface area contributed by atoms with E-state index >= 15 is 0 Å². The molecule has 1 aromatic carbocycles. The third-order valence-corrected chi connectivity index (χ3v) is 3.31. The first-order valence-electron chi connectivity index (χ1n) is 7.38. The second-order valence-electron chi connectivity index (χ2n) is 5.02. The van der Waals surface area contributed by atoms with Crippen molar-refractivity contribution in [2.24, 2.45) is 0 Å². The minimum absolute atomic E-state index is 0.127. The smallest absolute Gasteiger partial charge is 0.266 e. The number of rotatable bonds is 6. The van der Waals surface area contributed by atoms with Crippen LogP contribution in [0.1, 0.15) is 11.5 Å². The average Bonchev–Trinajstić information content (AvgIpc) is 3.10. The van der Waals surface area contributed by atoms with Gasteiger partial charge in [-0.2, -0.15) is 0 Å². The van der Waals surface area contributed by atoms with Gasteiger partial charge in [-0.15, -0.1) is 10.2 Å². The van der Waals surface area contributed by atoms with Crippen LogP contribution in [-0.2, 0) is 17.8 Å². The number of amides is 1. The molecule has 0 aliphatic rings. The summed E-state index contributed by atoms with van der Waals surface area (Å²) in [6, 6.07) is 12.8. The van der Waals surface area contributed by atoms with Crippen molar-refractivity contribution in [3.63, 3.8) is 0 Å². The molecule has 3 aromatic rings. The summed E-state index contributed by atoms with van der Waals surface area (Å²) in [5.41, 5.74) is 1.49. The van der Waals surface area contributed by atoms with Gasteiger partial charge < -0.3 is 14.5 Å². The fraction of sp³-hybridized carbons (Fsp3) is 0.176. The molecule has 0 fully saturated rings. The van der Waals surface area contributed by atoms with Crippen molar-refractivity contribution >= 4 is 5.91 Å². The number of pyridine rings is 1. The van der Waals surface area contributed by atoms with Crippen LogP contribution in [0.2, 0.25) is 0 Å². The van der Waals surface area contributed by atoms with Crippen molar-refractivity contribution in [1.29, 1.82) is 0 Å². The Morgan fingerprint density at radius 2 is 2.00 bits per heavy atom. The molecule has 24 heavy (non-hydrogen) atoms. The number of carbonyl (C=O) groups is 1. The summed E-state index contributed by atoms with van der Waals surface area (Å²) in [7, 11) is 1.60. The topological polar surface area (TPSA) is 90.1 Å². The van der Waals surface area contributed by atoms with Crippen LogP contribution in [0.3, 0.4) is 0 Å². The summed E-state index contributed by atoms with van der Waals surface area (Å²) in [5.74, 6) is 1.29. The maximum atomic E-state index is 12.0. The van der Waals surface area contributed by atoms with Gasteiger partial charge in [0, 0.05) is 6.20 Å². The van der Waals surface area contributed by atoms with Crippen LogP contribution in [0.25, 0.3) is 11.6 Å². The zero-order valence-electron chi connectivity index (χ0n) is 13.1. The van der Waals surface area contributed by atoms with Crippen LogP contribution in [-0.4, -0.2) is 28.2 Å². The van der Waals surface area contributed by atoms with Crippen LogP contribution in [0, 0.1) is 0 Å². The fourth-order valence-corrected chi connectivity index (χ4v) is 2.08. The number of aromatic nitrogens is 3. The number of nitrogens with zero attached hydrogens (tertiary/aromatic N) is 3. The first kappa shape index (κ1) is 15.7. The Kier molecular flexibility index (Phi) is 4.81. The lowest BCUT2D eigenvalue weighted by atomic mass is 10.1. The van der Waals surface area contributed by atoms with Gasteiger partial charge in [0.1, 0.15) is 11.4 Å². The highest BCUT2D eigenvalue weighted by molar-refractivity contribution is 5.78. The molecule has 0 aliphatic carbocycles. The number of hydrogen-bond donors (Lipinski definition) is 1. The molecule has 1 amide bonds. The van der Waals surface area contributed by atoms with Gasteiger partial charge in [-0.1, -0.05) is 18.2 Å². The van der Waals surface area contributed by atoms with Gasteiger partial charge in [0.2, 0.25) is 11.8 Å². The number of ether oxygens (including phenoxy) is 1. The first-order chi connectivity index (χ1) is 11.7. The van der Waals surface area contributed by atoms with E-state index in [2.05, 4.69) is 20.5 Å². The second kappa shape index (κ2) is 7.36. The van der Waals surface area contributed by atoms with Crippen LogP contribution in [0.5, 0.6) is 5.75 Å². The summed E-state index contributed by atoms with van der Waals surface area (Å²) < 4.78 is 10.6.